The number of nitrogens with zero attached hydrogens (tertiary/aromatic N) is 4. The van der Waals surface area contributed by atoms with Crippen LogP contribution in [-0.2, 0) is 11.3 Å². The molecule has 0 amide bonds. The Kier molecular flexibility index (Phi) is 6.39. The summed E-state index contributed by atoms with van der Waals surface area (Å²) in [7, 11) is 1.62. The smallest absolute Gasteiger partial charge is 0.165 e. The van der Waals surface area contributed by atoms with Crippen LogP contribution in [0.5, 0.6) is 0 Å². The molecule has 0 aliphatic carbocycles. The zero-order valence-electron chi connectivity index (χ0n) is 17.8. The highest BCUT2D eigenvalue weighted by molar-refractivity contribution is 6.32. The molecule has 1 N–H and O–H groups in total. The molecule has 158 valence electrons. The standard InChI is InChI=1S/C24H24ClN5O/c1-4-15(2)16-7-9-17(10-8-16)27-23-18-11-12-20(22-19(25)6-5-13-26-22)28-24(18)30-21(29-23)14-31-3/h5-13,15H,4,14H2,1-3H3,(H,27,28,29,30). The maximum absolute atomic E-state index is 6.31. The molecule has 1 unspecified atom stereocenters. The number of aromatic nitrogens is 4. The molecule has 0 aliphatic rings. The van der Waals surface area contributed by atoms with Gasteiger partial charge in [0.15, 0.2) is 11.5 Å². The summed E-state index contributed by atoms with van der Waals surface area (Å²) >= 11 is 6.31. The van der Waals surface area contributed by atoms with Gasteiger partial charge >= 0.3 is 0 Å². The molecule has 3 heterocycles. The molecule has 7 heteroatoms. The van der Waals surface area contributed by atoms with E-state index >= 15 is 0 Å². The van der Waals surface area contributed by atoms with E-state index in [0.717, 1.165) is 17.5 Å². The second kappa shape index (κ2) is 9.37. The summed E-state index contributed by atoms with van der Waals surface area (Å²) in [6.45, 7) is 4.71. The van der Waals surface area contributed by atoms with Crippen molar-refractivity contribution in [2.45, 2.75) is 32.8 Å². The zero-order valence-corrected chi connectivity index (χ0v) is 18.5. The van der Waals surface area contributed by atoms with Crippen LogP contribution >= 0.6 is 11.6 Å². The zero-order chi connectivity index (χ0) is 21.8. The first-order valence-corrected chi connectivity index (χ1v) is 10.6. The van der Waals surface area contributed by atoms with Crippen LogP contribution in [0.15, 0.2) is 54.7 Å². The minimum absolute atomic E-state index is 0.286. The van der Waals surface area contributed by atoms with Crippen LogP contribution in [0.3, 0.4) is 0 Å². The second-order valence-corrected chi connectivity index (χ2v) is 7.79. The molecule has 0 fully saturated rings. The molecule has 0 bridgehead atoms. The number of rotatable bonds is 7. The third-order valence-electron chi connectivity index (χ3n) is 5.24. The molecule has 6 nitrogen and oxygen atoms in total. The van der Waals surface area contributed by atoms with E-state index in [4.69, 9.17) is 21.3 Å². The van der Waals surface area contributed by atoms with Crippen molar-refractivity contribution >= 4 is 34.1 Å². The van der Waals surface area contributed by atoms with Crippen LogP contribution in [0, 0.1) is 0 Å². The van der Waals surface area contributed by atoms with Gasteiger partial charge in [0.1, 0.15) is 18.1 Å². The van der Waals surface area contributed by atoms with E-state index < -0.39 is 0 Å². The molecule has 4 aromatic rings. The molecule has 0 spiro atoms. The molecule has 0 aliphatic heterocycles. The van der Waals surface area contributed by atoms with E-state index in [2.05, 4.69) is 58.4 Å². The fraction of sp³-hybridized carbons (Fsp3) is 0.250. The van der Waals surface area contributed by atoms with Gasteiger partial charge < -0.3 is 10.1 Å². The van der Waals surface area contributed by atoms with Gasteiger partial charge in [-0.05, 0) is 54.3 Å². The lowest BCUT2D eigenvalue weighted by Crippen LogP contribution is -2.04. The number of pyridine rings is 2. The lowest BCUT2D eigenvalue weighted by molar-refractivity contribution is 0.178. The van der Waals surface area contributed by atoms with Crippen molar-refractivity contribution in [2.24, 2.45) is 0 Å². The predicted molar refractivity (Wildman–Crippen MR) is 125 cm³/mol. The van der Waals surface area contributed by atoms with E-state index in [1.165, 1.54) is 5.56 Å². The van der Waals surface area contributed by atoms with E-state index in [1.54, 1.807) is 25.4 Å². The van der Waals surface area contributed by atoms with Crippen LogP contribution in [0.4, 0.5) is 11.5 Å². The second-order valence-electron chi connectivity index (χ2n) is 7.38. The summed E-state index contributed by atoms with van der Waals surface area (Å²) in [4.78, 5) is 18.3. The average Bonchev–Trinajstić information content (AvgIpc) is 2.79. The van der Waals surface area contributed by atoms with E-state index in [-0.39, 0.29) is 6.61 Å². The number of halogens is 1. The van der Waals surface area contributed by atoms with Gasteiger partial charge in [-0.15, -0.1) is 0 Å². The Balaban J connectivity index is 1.74. The van der Waals surface area contributed by atoms with Crippen LogP contribution in [-0.4, -0.2) is 27.0 Å². The highest BCUT2D eigenvalue weighted by Gasteiger charge is 2.13. The molecule has 1 atom stereocenters. The van der Waals surface area contributed by atoms with Gasteiger partial charge in [-0.25, -0.2) is 15.0 Å². The quantitative estimate of drug-likeness (QED) is 0.377. The molecule has 0 saturated heterocycles. The van der Waals surface area contributed by atoms with Crippen LogP contribution in [0.25, 0.3) is 22.4 Å². The summed E-state index contributed by atoms with van der Waals surface area (Å²) < 4.78 is 5.26. The first kappa shape index (κ1) is 21.2. The molecule has 3 aromatic heterocycles. The maximum Gasteiger partial charge on any atom is 0.165 e. The summed E-state index contributed by atoms with van der Waals surface area (Å²) in [5.74, 6) is 1.76. The first-order valence-electron chi connectivity index (χ1n) is 10.2. The summed E-state index contributed by atoms with van der Waals surface area (Å²) in [5.41, 5.74) is 4.10. The number of benzene rings is 1. The summed E-state index contributed by atoms with van der Waals surface area (Å²) in [5, 5.41) is 4.76. The number of methoxy groups -OCH3 is 1. The first-order chi connectivity index (χ1) is 15.1. The van der Waals surface area contributed by atoms with Crippen molar-refractivity contribution in [1.82, 2.24) is 19.9 Å². The topological polar surface area (TPSA) is 72.8 Å². The van der Waals surface area contributed by atoms with Crippen molar-refractivity contribution in [1.29, 1.82) is 0 Å². The monoisotopic (exact) mass is 433 g/mol. The Hall–Kier alpha value is -3.09. The Labute approximate surface area is 186 Å². The van der Waals surface area contributed by atoms with Gasteiger partial charge in [0.2, 0.25) is 0 Å². The molecule has 31 heavy (non-hydrogen) atoms. The largest absolute Gasteiger partial charge is 0.377 e. The number of hydrogen-bond acceptors (Lipinski definition) is 6. The number of ether oxygens (including phenoxy) is 1. The van der Waals surface area contributed by atoms with Crippen molar-refractivity contribution in [3.63, 3.8) is 0 Å². The fourth-order valence-electron chi connectivity index (χ4n) is 3.32. The van der Waals surface area contributed by atoms with Gasteiger partial charge in [0, 0.05) is 19.0 Å². The van der Waals surface area contributed by atoms with Crippen molar-refractivity contribution in [2.75, 3.05) is 12.4 Å². The van der Waals surface area contributed by atoms with Crippen molar-refractivity contribution in [3.8, 4) is 11.4 Å². The number of fused-ring (bicyclic) bond motifs is 1. The van der Waals surface area contributed by atoms with E-state index in [9.17, 15) is 0 Å². The van der Waals surface area contributed by atoms with Crippen LogP contribution < -0.4 is 5.32 Å². The number of nitrogens with one attached hydrogen (secondary N) is 1. The highest BCUT2D eigenvalue weighted by atomic mass is 35.5. The van der Waals surface area contributed by atoms with Gasteiger partial charge in [-0.2, -0.15) is 0 Å². The molecule has 4 rings (SSSR count). The minimum atomic E-state index is 0.286. The third kappa shape index (κ3) is 4.65. The van der Waals surface area contributed by atoms with Crippen LogP contribution in [0.1, 0.15) is 37.6 Å². The Morgan fingerprint density at radius 3 is 2.55 bits per heavy atom. The van der Waals surface area contributed by atoms with Crippen molar-refractivity contribution < 1.29 is 4.74 Å². The highest BCUT2D eigenvalue weighted by Crippen LogP contribution is 2.29. The SMILES string of the molecule is CCC(C)c1ccc(Nc2nc(COC)nc3nc(-c4ncccc4Cl)ccc23)cc1. The summed E-state index contributed by atoms with van der Waals surface area (Å²) in [6.07, 6.45) is 2.80. The number of hydrogen-bond donors (Lipinski definition) is 1. The molecular weight excluding hydrogens is 410 g/mol. The Morgan fingerprint density at radius 1 is 1.03 bits per heavy atom. The summed E-state index contributed by atoms with van der Waals surface area (Å²) in [6, 6.07) is 15.8. The van der Waals surface area contributed by atoms with Crippen molar-refractivity contribution in [3.05, 3.63) is 71.1 Å². The van der Waals surface area contributed by atoms with E-state index in [1.807, 2.05) is 12.1 Å². The van der Waals surface area contributed by atoms with Gasteiger partial charge in [0.05, 0.1) is 16.1 Å². The Morgan fingerprint density at radius 2 is 1.84 bits per heavy atom. The van der Waals surface area contributed by atoms with E-state index in [0.29, 0.717) is 39.6 Å². The molecule has 1 aromatic carbocycles. The average molecular weight is 434 g/mol. The normalized spacial score (nSPS) is 12.1. The third-order valence-corrected chi connectivity index (χ3v) is 5.54. The van der Waals surface area contributed by atoms with Gasteiger partial charge in [-0.1, -0.05) is 37.6 Å². The fourth-order valence-corrected chi connectivity index (χ4v) is 3.54. The maximum atomic E-state index is 6.31. The number of anilines is 2. The lowest BCUT2D eigenvalue weighted by Gasteiger charge is -2.13. The molecule has 0 saturated carbocycles. The van der Waals surface area contributed by atoms with Gasteiger partial charge in [-0.3, -0.25) is 4.98 Å². The Bertz CT molecular complexity index is 1200. The van der Waals surface area contributed by atoms with Gasteiger partial charge in [0.25, 0.3) is 0 Å². The molecular formula is C24H24ClN5O. The lowest BCUT2D eigenvalue weighted by atomic mass is 9.99. The molecule has 0 radical (unpaired) electrons. The predicted octanol–water partition coefficient (Wildman–Crippen LogP) is 6.14. The minimum Gasteiger partial charge on any atom is -0.377 e. The van der Waals surface area contributed by atoms with Crippen LogP contribution in [0.2, 0.25) is 5.02 Å².